The maximum absolute atomic E-state index is 13.1. The number of hydrogen-bond acceptors (Lipinski definition) is 3. The SMILES string of the molecule is Cc1sc(C)c(C(=O)N[C@@H](C)Cc2ccc(C(=O)O)cc2)c1Cc1ccc(C(F)(F)F)cc1. The van der Waals surface area contributed by atoms with Crippen LogP contribution in [0.25, 0.3) is 0 Å². The van der Waals surface area contributed by atoms with Gasteiger partial charge in [0.1, 0.15) is 0 Å². The molecule has 4 nitrogen and oxygen atoms in total. The van der Waals surface area contributed by atoms with Crippen molar-refractivity contribution in [3.05, 3.63) is 91.7 Å². The molecule has 0 aliphatic heterocycles. The van der Waals surface area contributed by atoms with Crippen molar-refractivity contribution in [2.24, 2.45) is 0 Å². The van der Waals surface area contributed by atoms with Gasteiger partial charge < -0.3 is 10.4 Å². The molecular weight excluding hydrogens is 451 g/mol. The second-order valence-electron chi connectivity index (χ2n) is 8.02. The summed E-state index contributed by atoms with van der Waals surface area (Å²) in [4.78, 5) is 25.9. The Morgan fingerprint density at radius 2 is 1.55 bits per heavy atom. The molecule has 0 spiro atoms. The van der Waals surface area contributed by atoms with Crippen molar-refractivity contribution in [3.8, 4) is 0 Å². The molecule has 2 aromatic carbocycles. The number of amides is 1. The number of benzene rings is 2. The molecule has 3 rings (SSSR count). The van der Waals surface area contributed by atoms with Gasteiger partial charge in [0.05, 0.1) is 16.7 Å². The quantitative estimate of drug-likeness (QED) is 0.438. The van der Waals surface area contributed by atoms with Crippen molar-refractivity contribution in [1.82, 2.24) is 5.32 Å². The molecule has 0 fully saturated rings. The largest absolute Gasteiger partial charge is 0.478 e. The van der Waals surface area contributed by atoms with Crippen LogP contribution < -0.4 is 5.32 Å². The number of nitrogens with one attached hydrogen (secondary N) is 1. The van der Waals surface area contributed by atoms with E-state index in [1.165, 1.54) is 35.6 Å². The first-order valence-corrected chi connectivity index (χ1v) is 11.2. The molecule has 0 saturated carbocycles. The van der Waals surface area contributed by atoms with Gasteiger partial charge >= 0.3 is 12.1 Å². The Balaban J connectivity index is 1.73. The molecule has 1 aromatic heterocycles. The topological polar surface area (TPSA) is 66.4 Å². The van der Waals surface area contributed by atoms with Crippen LogP contribution in [-0.4, -0.2) is 23.0 Å². The van der Waals surface area contributed by atoms with E-state index in [1.54, 1.807) is 12.1 Å². The van der Waals surface area contributed by atoms with Gasteiger partial charge in [-0.25, -0.2) is 4.79 Å². The van der Waals surface area contributed by atoms with Crippen molar-refractivity contribution in [3.63, 3.8) is 0 Å². The number of carboxylic acids is 1. The molecule has 3 aromatic rings. The Kier molecular flexibility index (Phi) is 7.27. The second-order valence-corrected chi connectivity index (χ2v) is 9.45. The van der Waals surface area contributed by atoms with E-state index in [2.05, 4.69) is 5.32 Å². The number of alkyl halides is 3. The van der Waals surface area contributed by atoms with Gasteiger partial charge in [0, 0.05) is 15.8 Å². The molecule has 0 radical (unpaired) electrons. The number of carbonyl (C=O) groups excluding carboxylic acids is 1. The summed E-state index contributed by atoms with van der Waals surface area (Å²) in [7, 11) is 0. The monoisotopic (exact) mass is 475 g/mol. The maximum atomic E-state index is 13.1. The summed E-state index contributed by atoms with van der Waals surface area (Å²) in [5.41, 5.74) is 2.47. The van der Waals surface area contributed by atoms with E-state index < -0.39 is 17.7 Å². The lowest BCUT2D eigenvalue weighted by Crippen LogP contribution is -2.34. The van der Waals surface area contributed by atoms with Crippen LogP contribution in [0.4, 0.5) is 13.2 Å². The smallest absolute Gasteiger partial charge is 0.416 e. The van der Waals surface area contributed by atoms with Crippen LogP contribution >= 0.6 is 11.3 Å². The molecule has 33 heavy (non-hydrogen) atoms. The Labute approximate surface area is 194 Å². The summed E-state index contributed by atoms with van der Waals surface area (Å²) in [6.45, 7) is 5.63. The zero-order valence-electron chi connectivity index (χ0n) is 18.4. The van der Waals surface area contributed by atoms with E-state index in [9.17, 15) is 22.8 Å². The average Bonchev–Trinajstić information content (AvgIpc) is 3.01. The Morgan fingerprint density at radius 1 is 0.970 bits per heavy atom. The minimum atomic E-state index is -4.39. The first-order chi connectivity index (χ1) is 15.5. The molecule has 174 valence electrons. The predicted molar refractivity (Wildman–Crippen MR) is 122 cm³/mol. The van der Waals surface area contributed by atoms with E-state index >= 15 is 0 Å². The number of halogens is 3. The van der Waals surface area contributed by atoms with E-state index in [1.807, 2.05) is 20.8 Å². The van der Waals surface area contributed by atoms with Crippen molar-refractivity contribution in [2.75, 3.05) is 0 Å². The molecule has 0 bridgehead atoms. The molecule has 1 amide bonds. The standard InChI is InChI=1S/C25H24F3NO3S/c1-14(12-17-4-8-19(9-5-17)24(31)32)29-23(30)22-16(3)33-15(2)21(22)13-18-6-10-20(11-7-18)25(26,27)28/h4-11,14H,12-13H2,1-3H3,(H,29,30)(H,31,32)/t14-/m0/s1. The van der Waals surface area contributed by atoms with Gasteiger partial charge in [-0.2, -0.15) is 13.2 Å². The molecule has 2 N–H and O–H groups in total. The lowest BCUT2D eigenvalue weighted by atomic mass is 9.98. The van der Waals surface area contributed by atoms with E-state index in [-0.39, 0.29) is 17.5 Å². The van der Waals surface area contributed by atoms with Crippen LogP contribution in [0.15, 0.2) is 48.5 Å². The molecular formula is C25H24F3NO3S. The molecule has 0 aliphatic carbocycles. The van der Waals surface area contributed by atoms with Gasteiger partial charge in [-0.05, 0) is 74.6 Å². The Morgan fingerprint density at radius 3 is 2.09 bits per heavy atom. The molecule has 0 unspecified atom stereocenters. The summed E-state index contributed by atoms with van der Waals surface area (Å²) in [6.07, 6.45) is -3.49. The number of thiophene rings is 1. The highest BCUT2D eigenvalue weighted by atomic mass is 32.1. The fraction of sp³-hybridized carbons (Fsp3) is 0.280. The summed E-state index contributed by atoms with van der Waals surface area (Å²) in [5.74, 6) is -1.22. The third-order valence-electron chi connectivity index (χ3n) is 5.39. The fourth-order valence-electron chi connectivity index (χ4n) is 3.74. The van der Waals surface area contributed by atoms with E-state index in [0.29, 0.717) is 24.0 Å². The highest BCUT2D eigenvalue weighted by Crippen LogP contribution is 2.32. The Bertz CT molecular complexity index is 1150. The van der Waals surface area contributed by atoms with Crippen LogP contribution in [0.1, 0.15) is 59.6 Å². The zero-order chi connectivity index (χ0) is 24.3. The molecule has 0 saturated heterocycles. The van der Waals surface area contributed by atoms with Crippen LogP contribution in [0.2, 0.25) is 0 Å². The molecule has 8 heteroatoms. The number of carbonyl (C=O) groups is 2. The number of hydrogen-bond donors (Lipinski definition) is 2. The maximum Gasteiger partial charge on any atom is 0.416 e. The highest BCUT2D eigenvalue weighted by Gasteiger charge is 2.30. The number of rotatable bonds is 7. The van der Waals surface area contributed by atoms with Crippen LogP contribution in [0, 0.1) is 13.8 Å². The number of aromatic carboxylic acids is 1. The van der Waals surface area contributed by atoms with Crippen LogP contribution in [0.5, 0.6) is 0 Å². The lowest BCUT2D eigenvalue weighted by Gasteiger charge is -2.16. The van der Waals surface area contributed by atoms with Gasteiger partial charge in [0.15, 0.2) is 0 Å². The van der Waals surface area contributed by atoms with Gasteiger partial charge in [-0.15, -0.1) is 11.3 Å². The minimum absolute atomic E-state index is 0.202. The van der Waals surface area contributed by atoms with Crippen molar-refractivity contribution in [1.29, 1.82) is 0 Å². The number of aryl methyl sites for hydroxylation is 2. The normalized spacial score (nSPS) is 12.4. The van der Waals surface area contributed by atoms with E-state index in [4.69, 9.17) is 5.11 Å². The number of carboxylic acid groups (broad SMARTS) is 1. The lowest BCUT2D eigenvalue weighted by molar-refractivity contribution is -0.137. The zero-order valence-corrected chi connectivity index (χ0v) is 19.2. The first kappa shape index (κ1) is 24.5. The summed E-state index contributed by atoms with van der Waals surface area (Å²) in [6, 6.07) is 11.3. The summed E-state index contributed by atoms with van der Waals surface area (Å²) in [5, 5.41) is 12.0. The first-order valence-electron chi connectivity index (χ1n) is 10.3. The van der Waals surface area contributed by atoms with Crippen molar-refractivity contribution < 1.29 is 27.9 Å². The van der Waals surface area contributed by atoms with Gasteiger partial charge in [-0.1, -0.05) is 24.3 Å². The van der Waals surface area contributed by atoms with Crippen LogP contribution in [0.3, 0.4) is 0 Å². The molecule has 1 heterocycles. The molecule has 1 atom stereocenters. The average molecular weight is 476 g/mol. The summed E-state index contributed by atoms with van der Waals surface area (Å²) < 4.78 is 38.5. The van der Waals surface area contributed by atoms with Gasteiger partial charge in [0.2, 0.25) is 0 Å². The van der Waals surface area contributed by atoms with Crippen LogP contribution in [-0.2, 0) is 19.0 Å². The predicted octanol–water partition coefficient (Wildman–Crippen LogP) is 6.03. The van der Waals surface area contributed by atoms with Crippen molar-refractivity contribution >= 4 is 23.2 Å². The van der Waals surface area contributed by atoms with Gasteiger partial charge in [0.25, 0.3) is 5.91 Å². The molecule has 0 aliphatic rings. The summed E-state index contributed by atoms with van der Waals surface area (Å²) >= 11 is 1.49. The minimum Gasteiger partial charge on any atom is -0.478 e. The highest BCUT2D eigenvalue weighted by molar-refractivity contribution is 7.12. The van der Waals surface area contributed by atoms with Gasteiger partial charge in [-0.3, -0.25) is 4.79 Å². The van der Waals surface area contributed by atoms with Crippen molar-refractivity contribution in [2.45, 2.75) is 45.8 Å². The third kappa shape index (κ3) is 6.01. The third-order valence-corrected chi connectivity index (χ3v) is 6.46. The van der Waals surface area contributed by atoms with E-state index in [0.717, 1.165) is 33.0 Å². The fourth-order valence-corrected chi connectivity index (χ4v) is 4.81. The Hall–Kier alpha value is -3.13. The second kappa shape index (κ2) is 9.79.